The number of amides is 1. The van der Waals surface area contributed by atoms with Crippen LogP contribution in [-0.4, -0.2) is 17.7 Å². The number of benzene rings is 1. The smallest absolute Gasteiger partial charge is 0.240 e. The molecule has 4 heteroatoms. The Bertz CT molecular complexity index is 447. The van der Waals surface area contributed by atoms with Crippen LogP contribution in [0.4, 0.5) is 5.69 Å². The van der Waals surface area contributed by atoms with Crippen LogP contribution in [0, 0.1) is 0 Å². The fraction of sp³-hybridized carbons (Fsp3) is 0.250. The minimum atomic E-state index is -0.0198. The average molecular weight is 298 g/mol. The number of hydrogen-bond acceptors (Lipinski definition) is 2. The Balaban J connectivity index is 2.48. The van der Waals surface area contributed by atoms with Gasteiger partial charge in [0.15, 0.2) is 0 Å². The first-order valence-corrected chi connectivity index (χ1v) is 6.69. The summed E-state index contributed by atoms with van der Waals surface area (Å²) in [6.45, 7) is 6.20. The standard InChI is InChI=1S/C12H12BrNOS/c1-3-6-14-10-7-9(13)4-5-11(10)16-8(2)12(14)15/h3-5,7-8H,1,6H2,2H3. The fourth-order valence-electron chi connectivity index (χ4n) is 1.70. The lowest BCUT2D eigenvalue weighted by molar-refractivity contribution is -0.117. The third kappa shape index (κ3) is 2.04. The van der Waals surface area contributed by atoms with Gasteiger partial charge in [0.1, 0.15) is 0 Å². The predicted molar refractivity (Wildman–Crippen MR) is 72.0 cm³/mol. The van der Waals surface area contributed by atoms with Gasteiger partial charge in [-0.15, -0.1) is 18.3 Å². The molecule has 0 bridgehead atoms. The van der Waals surface area contributed by atoms with E-state index in [4.69, 9.17) is 0 Å². The maximum atomic E-state index is 12.0. The summed E-state index contributed by atoms with van der Waals surface area (Å²) >= 11 is 5.04. The summed E-state index contributed by atoms with van der Waals surface area (Å²) in [5, 5.41) is -0.0198. The van der Waals surface area contributed by atoms with E-state index in [-0.39, 0.29) is 11.2 Å². The van der Waals surface area contributed by atoms with Crippen LogP contribution in [0.3, 0.4) is 0 Å². The second-order valence-corrected chi connectivity index (χ2v) is 5.91. The third-order valence-electron chi connectivity index (χ3n) is 2.44. The highest BCUT2D eigenvalue weighted by Gasteiger charge is 2.29. The van der Waals surface area contributed by atoms with Crippen LogP contribution in [0.25, 0.3) is 0 Å². The number of thioether (sulfide) groups is 1. The average Bonchev–Trinajstić information content (AvgIpc) is 2.26. The van der Waals surface area contributed by atoms with Crippen molar-refractivity contribution in [2.45, 2.75) is 17.1 Å². The van der Waals surface area contributed by atoms with E-state index in [2.05, 4.69) is 22.5 Å². The summed E-state index contributed by atoms with van der Waals surface area (Å²) in [6, 6.07) is 6.03. The minimum Gasteiger partial charge on any atom is -0.306 e. The van der Waals surface area contributed by atoms with E-state index in [1.54, 1.807) is 22.7 Å². The van der Waals surface area contributed by atoms with Gasteiger partial charge in [-0.1, -0.05) is 22.0 Å². The normalized spacial score (nSPS) is 19.5. The largest absolute Gasteiger partial charge is 0.306 e. The Morgan fingerprint density at radius 3 is 3.06 bits per heavy atom. The molecular weight excluding hydrogens is 286 g/mol. The molecule has 0 radical (unpaired) electrons. The molecule has 0 N–H and O–H groups in total. The second kappa shape index (κ2) is 4.63. The minimum absolute atomic E-state index is 0.0198. The SMILES string of the molecule is C=CCN1C(=O)C(C)Sc2ccc(Br)cc21. The van der Waals surface area contributed by atoms with Gasteiger partial charge >= 0.3 is 0 Å². The molecule has 0 aliphatic carbocycles. The highest BCUT2D eigenvalue weighted by molar-refractivity contribution is 9.10. The maximum Gasteiger partial charge on any atom is 0.240 e. The van der Waals surface area contributed by atoms with E-state index in [0.29, 0.717) is 6.54 Å². The zero-order chi connectivity index (χ0) is 11.7. The van der Waals surface area contributed by atoms with Crippen molar-refractivity contribution in [3.8, 4) is 0 Å². The van der Waals surface area contributed by atoms with Gasteiger partial charge in [0.2, 0.25) is 5.91 Å². The Morgan fingerprint density at radius 1 is 1.62 bits per heavy atom. The molecular formula is C12H12BrNOS. The Hall–Kier alpha value is -0.740. The Morgan fingerprint density at radius 2 is 2.38 bits per heavy atom. The van der Waals surface area contributed by atoms with Crippen LogP contribution in [0.5, 0.6) is 0 Å². The zero-order valence-electron chi connectivity index (χ0n) is 8.94. The molecule has 84 valence electrons. The molecule has 0 fully saturated rings. The third-order valence-corrected chi connectivity index (χ3v) is 4.09. The van der Waals surface area contributed by atoms with Crippen molar-refractivity contribution in [2.24, 2.45) is 0 Å². The van der Waals surface area contributed by atoms with Gasteiger partial charge in [-0.05, 0) is 25.1 Å². The van der Waals surface area contributed by atoms with Crippen LogP contribution >= 0.6 is 27.7 Å². The van der Waals surface area contributed by atoms with Crippen molar-refractivity contribution >= 4 is 39.3 Å². The van der Waals surface area contributed by atoms with Crippen molar-refractivity contribution < 1.29 is 4.79 Å². The predicted octanol–water partition coefficient (Wildman–Crippen LogP) is 3.46. The van der Waals surface area contributed by atoms with Gasteiger partial charge in [-0.2, -0.15) is 0 Å². The number of anilines is 1. The molecule has 0 saturated carbocycles. The van der Waals surface area contributed by atoms with Gasteiger partial charge in [-0.25, -0.2) is 0 Å². The Labute approximate surface area is 108 Å². The molecule has 2 rings (SSSR count). The van der Waals surface area contributed by atoms with E-state index < -0.39 is 0 Å². The molecule has 16 heavy (non-hydrogen) atoms. The van der Waals surface area contributed by atoms with Gasteiger partial charge in [-0.3, -0.25) is 4.79 Å². The number of carbonyl (C=O) groups is 1. The van der Waals surface area contributed by atoms with Crippen LogP contribution in [0.1, 0.15) is 6.92 Å². The summed E-state index contributed by atoms with van der Waals surface area (Å²) < 4.78 is 0.989. The first-order valence-electron chi connectivity index (χ1n) is 5.02. The number of fused-ring (bicyclic) bond motifs is 1. The van der Waals surface area contributed by atoms with Crippen LogP contribution in [0.15, 0.2) is 40.2 Å². The first-order chi connectivity index (χ1) is 7.63. The molecule has 1 unspecified atom stereocenters. The highest BCUT2D eigenvalue weighted by Crippen LogP contribution is 2.40. The molecule has 0 aromatic heterocycles. The van der Waals surface area contributed by atoms with Crippen LogP contribution < -0.4 is 4.90 Å². The zero-order valence-corrected chi connectivity index (χ0v) is 11.3. The second-order valence-electron chi connectivity index (χ2n) is 3.61. The molecule has 0 saturated heterocycles. The lowest BCUT2D eigenvalue weighted by Gasteiger charge is -2.31. The van der Waals surface area contributed by atoms with Gasteiger partial charge in [0.25, 0.3) is 0 Å². The van der Waals surface area contributed by atoms with E-state index in [1.807, 2.05) is 25.1 Å². The van der Waals surface area contributed by atoms with E-state index >= 15 is 0 Å². The molecule has 1 aromatic rings. The van der Waals surface area contributed by atoms with Gasteiger partial charge in [0.05, 0.1) is 10.9 Å². The number of carbonyl (C=O) groups excluding carboxylic acids is 1. The molecule has 1 atom stereocenters. The number of nitrogens with zero attached hydrogens (tertiary/aromatic N) is 1. The van der Waals surface area contributed by atoms with Gasteiger partial charge in [0, 0.05) is 15.9 Å². The summed E-state index contributed by atoms with van der Waals surface area (Å²) in [7, 11) is 0. The summed E-state index contributed by atoms with van der Waals surface area (Å²) in [5.41, 5.74) is 0.974. The van der Waals surface area contributed by atoms with Crippen molar-refractivity contribution in [1.29, 1.82) is 0 Å². The van der Waals surface area contributed by atoms with E-state index in [9.17, 15) is 4.79 Å². The number of halogens is 1. The van der Waals surface area contributed by atoms with Gasteiger partial charge < -0.3 is 4.90 Å². The quantitative estimate of drug-likeness (QED) is 0.779. The summed E-state index contributed by atoms with van der Waals surface area (Å²) in [5.74, 6) is 0.149. The van der Waals surface area contributed by atoms with Crippen molar-refractivity contribution in [2.75, 3.05) is 11.4 Å². The molecule has 1 aromatic carbocycles. The van der Waals surface area contributed by atoms with Crippen molar-refractivity contribution in [3.63, 3.8) is 0 Å². The molecule has 2 nitrogen and oxygen atoms in total. The fourth-order valence-corrected chi connectivity index (χ4v) is 3.09. The number of rotatable bonds is 2. The molecule has 1 amide bonds. The molecule has 1 heterocycles. The highest BCUT2D eigenvalue weighted by atomic mass is 79.9. The summed E-state index contributed by atoms with van der Waals surface area (Å²) in [6.07, 6.45) is 1.76. The Kier molecular flexibility index (Phi) is 3.40. The monoisotopic (exact) mass is 297 g/mol. The van der Waals surface area contributed by atoms with E-state index in [1.165, 1.54) is 0 Å². The maximum absolute atomic E-state index is 12.0. The lowest BCUT2D eigenvalue weighted by Crippen LogP contribution is -2.39. The van der Waals surface area contributed by atoms with Crippen LogP contribution in [-0.2, 0) is 4.79 Å². The molecule has 0 spiro atoms. The molecule has 1 aliphatic rings. The van der Waals surface area contributed by atoms with Crippen molar-refractivity contribution in [3.05, 3.63) is 35.3 Å². The topological polar surface area (TPSA) is 20.3 Å². The number of hydrogen-bond donors (Lipinski definition) is 0. The van der Waals surface area contributed by atoms with E-state index in [0.717, 1.165) is 15.1 Å². The first kappa shape index (κ1) is 11.7. The van der Waals surface area contributed by atoms with Crippen LogP contribution in [0.2, 0.25) is 0 Å². The molecule has 1 aliphatic heterocycles. The summed E-state index contributed by atoms with van der Waals surface area (Å²) in [4.78, 5) is 15.0. The lowest BCUT2D eigenvalue weighted by atomic mass is 10.2. The van der Waals surface area contributed by atoms with Crippen molar-refractivity contribution in [1.82, 2.24) is 0 Å².